The van der Waals surface area contributed by atoms with Crippen LogP contribution in [0, 0.1) is 0 Å². The van der Waals surface area contributed by atoms with Crippen LogP contribution in [0.15, 0.2) is 30.3 Å². The summed E-state index contributed by atoms with van der Waals surface area (Å²) >= 11 is 0. The maximum absolute atomic E-state index is 13.3. The number of rotatable bonds is 3. The van der Waals surface area contributed by atoms with Gasteiger partial charge in [0.05, 0.1) is 26.7 Å². The summed E-state index contributed by atoms with van der Waals surface area (Å²) in [5.74, 6) is -0.600. The first-order chi connectivity index (χ1) is 17.8. The maximum atomic E-state index is 13.3. The van der Waals surface area contributed by atoms with Crippen LogP contribution in [0.2, 0.25) is 0 Å². The quantitative estimate of drug-likeness (QED) is 0.438. The molecule has 8 heteroatoms. The van der Waals surface area contributed by atoms with Gasteiger partial charge < -0.3 is 24.1 Å². The molecular formula is C29H32O8. The monoisotopic (exact) mass is 508 g/mol. The smallest absolute Gasteiger partial charge is 0.342 e. The zero-order chi connectivity index (χ0) is 26.5. The number of ether oxygens (including phenoxy) is 4. The SMILES string of the molecule is COc1ccc(C2CC(=O)Oc3cc4c(c(O)c32)C(=O)O[C@@H](C)CCCC(=O)CCC/C=C/4)c(OC)c1. The van der Waals surface area contributed by atoms with E-state index in [-0.39, 0.29) is 29.3 Å². The molecule has 37 heavy (non-hydrogen) atoms. The summed E-state index contributed by atoms with van der Waals surface area (Å²) in [6.07, 6.45) is 6.48. The lowest BCUT2D eigenvalue weighted by atomic mass is 9.83. The second kappa shape index (κ2) is 11.5. The summed E-state index contributed by atoms with van der Waals surface area (Å²) in [6.45, 7) is 1.77. The third-order valence-electron chi connectivity index (χ3n) is 6.79. The first kappa shape index (κ1) is 26.3. The van der Waals surface area contributed by atoms with Gasteiger partial charge >= 0.3 is 11.9 Å². The molecule has 4 rings (SSSR count). The molecule has 0 aliphatic carbocycles. The number of allylic oxidation sites excluding steroid dienone is 1. The Labute approximate surface area is 216 Å². The number of Topliss-reactive ketones (excluding diaryl/α,β-unsaturated/α-hetero) is 1. The van der Waals surface area contributed by atoms with Crippen molar-refractivity contribution in [2.24, 2.45) is 0 Å². The first-order valence-corrected chi connectivity index (χ1v) is 12.5. The van der Waals surface area contributed by atoms with Gasteiger partial charge in [0.1, 0.15) is 34.3 Å². The molecule has 0 aromatic heterocycles. The van der Waals surface area contributed by atoms with Gasteiger partial charge in [-0.05, 0) is 50.3 Å². The molecule has 0 spiro atoms. The number of methoxy groups -OCH3 is 2. The third-order valence-corrected chi connectivity index (χ3v) is 6.79. The number of aromatic hydroxyl groups is 1. The number of phenols is 1. The van der Waals surface area contributed by atoms with Crippen LogP contribution in [0.3, 0.4) is 0 Å². The lowest BCUT2D eigenvalue weighted by molar-refractivity contribution is -0.135. The fourth-order valence-corrected chi connectivity index (χ4v) is 4.89. The molecule has 196 valence electrons. The largest absolute Gasteiger partial charge is 0.507 e. The molecule has 2 aromatic rings. The highest BCUT2D eigenvalue weighted by Crippen LogP contribution is 2.49. The van der Waals surface area contributed by atoms with E-state index in [2.05, 4.69) is 0 Å². The molecule has 8 nitrogen and oxygen atoms in total. The number of carbonyl (C=O) groups is 3. The predicted molar refractivity (Wildman–Crippen MR) is 136 cm³/mol. The van der Waals surface area contributed by atoms with Crippen molar-refractivity contribution in [3.8, 4) is 23.0 Å². The van der Waals surface area contributed by atoms with Gasteiger partial charge in [0.15, 0.2) is 0 Å². The Morgan fingerprint density at radius 2 is 1.81 bits per heavy atom. The number of ketones is 1. The van der Waals surface area contributed by atoms with Crippen LogP contribution in [0.5, 0.6) is 23.0 Å². The topological polar surface area (TPSA) is 108 Å². The normalized spacial score (nSPS) is 21.5. The van der Waals surface area contributed by atoms with Crippen molar-refractivity contribution in [1.29, 1.82) is 0 Å². The second-order valence-corrected chi connectivity index (χ2v) is 9.38. The van der Waals surface area contributed by atoms with Crippen LogP contribution in [0.1, 0.15) is 84.8 Å². The van der Waals surface area contributed by atoms with Crippen LogP contribution in [-0.4, -0.2) is 43.2 Å². The van der Waals surface area contributed by atoms with Gasteiger partial charge in [-0.25, -0.2) is 4.79 Å². The lowest BCUT2D eigenvalue weighted by Crippen LogP contribution is -2.23. The molecule has 0 saturated carbocycles. The molecule has 0 bridgehead atoms. The summed E-state index contributed by atoms with van der Waals surface area (Å²) in [6, 6.07) is 6.81. The van der Waals surface area contributed by atoms with Crippen LogP contribution < -0.4 is 14.2 Å². The highest BCUT2D eigenvalue weighted by molar-refractivity contribution is 5.98. The summed E-state index contributed by atoms with van der Waals surface area (Å²) in [7, 11) is 3.06. The Morgan fingerprint density at radius 3 is 2.57 bits per heavy atom. The number of fused-ring (bicyclic) bond motifs is 2. The van der Waals surface area contributed by atoms with E-state index in [0.29, 0.717) is 66.7 Å². The highest BCUT2D eigenvalue weighted by Gasteiger charge is 2.36. The number of hydrogen-bond acceptors (Lipinski definition) is 8. The molecule has 2 atom stereocenters. The second-order valence-electron chi connectivity index (χ2n) is 9.38. The van der Waals surface area contributed by atoms with Gasteiger partial charge in [-0.3, -0.25) is 9.59 Å². The van der Waals surface area contributed by atoms with Crippen molar-refractivity contribution in [2.75, 3.05) is 14.2 Å². The van der Waals surface area contributed by atoms with E-state index in [1.807, 2.05) is 6.08 Å². The molecule has 1 N–H and O–H groups in total. The van der Waals surface area contributed by atoms with E-state index in [9.17, 15) is 19.5 Å². The minimum Gasteiger partial charge on any atom is -0.507 e. The molecule has 0 amide bonds. The van der Waals surface area contributed by atoms with Gasteiger partial charge in [0.2, 0.25) is 0 Å². The van der Waals surface area contributed by atoms with Gasteiger partial charge in [-0.1, -0.05) is 18.2 Å². The van der Waals surface area contributed by atoms with Crippen molar-refractivity contribution in [3.63, 3.8) is 0 Å². The van der Waals surface area contributed by atoms with Gasteiger partial charge in [0, 0.05) is 36.0 Å². The summed E-state index contributed by atoms with van der Waals surface area (Å²) in [5.41, 5.74) is 1.38. The molecule has 2 heterocycles. The minimum absolute atomic E-state index is 0.0189. The van der Waals surface area contributed by atoms with E-state index in [1.165, 1.54) is 7.11 Å². The number of carbonyl (C=O) groups excluding carboxylic acids is 3. The maximum Gasteiger partial charge on any atom is 0.342 e. The lowest BCUT2D eigenvalue weighted by Gasteiger charge is -2.28. The summed E-state index contributed by atoms with van der Waals surface area (Å²) in [5, 5.41) is 11.5. The minimum atomic E-state index is -0.673. The van der Waals surface area contributed by atoms with Crippen molar-refractivity contribution in [3.05, 3.63) is 52.6 Å². The molecule has 0 fully saturated rings. The molecule has 2 aromatic carbocycles. The Morgan fingerprint density at radius 1 is 1.03 bits per heavy atom. The zero-order valence-corrected chi connectivity index (χ0v) is 21.4. The molecular weight excluding hydrogens is 476 g/mol. The number of hydrogen-bond donors (Lipinski definition) is 1. The molecule has 0 saturated heterocycles. The average Bonchev–Trinajstić information content (AvgIpc) is 2.86. The van der Waals surface area contributed by atoms with Gasteiger partial charge in [-0.2, -0.15) is 0 Å². The molecule has 0 radical (unpaired) electrons. The summed E-state index contributed by atoms with van der Waals surface area (Å²) in [4.78, 5) is 38.0. The standard InChI is InChI=1S/C29H32O8/c1-17-8-7-11-19(30)10-6-4-5-9-18-14-24-27(28(32)26(18)29(33)36-17)22(16-25(31)37-24)21-13-12-20(34-2)15-23(21)35-3/h5,9,12-15,17,22,32H,4,6-8,10-11,16H2,1-3H3/b9-5+/t17-,22?/m0/s1. The number of benzene rings is 2. The number of cyclic esters (lactones) is 1. The predicted octanol–water partition coefficient (Wildman–Crippen LogP) is 5.33. The fraction of sp³-hybridized carbons (Fsp3) is 0.414. The Kier molecular flexibility index (Phi) is 8.16. The Hall–Kier alpha value is -3.81. The van der Waals surface area contributed by atoms with E-state index < -0.39 is 24.0 Å². The van der Waals surface area contributed by atoms with E-state index in [0.717, 1.165) is 0 Å². The van der Waals surface area contributed by atoms with Crippen molar-refractivity contribution in [2.45, 2.75) is 63.9 Å². The molecule has 2 aliphatic heterocycles. The van der Waals surface area contributed by atoms with Crippen LogP contribution in [0.4, 0.5) is 0 Å². The summed E-state index contributed by atoms with van der Waals surface area (Å²) < 4.78 is 22.1. The van der Waals surface area contributed by atoms with Crippen LogP contribution in [0.25, 0.3) is 6.08 Å². The van der Waals surface area contributed by atoms with E-state index >= 15 is 0 Å². The average molecular weight is 509 g/mol. The van der Waals surface area contributed by atoms with Gasteiger partial charge in [-0.15, -0.1) is 0 Å². The number of phenolic OH excluding ortho intramolecular Hbond substituents is 1. The molecule has 1 unspecified atom stereocenters. The first-order valence-electron chi connectivity index (χ1n) is 12.5. The van der Waals surface area contributed by atoms with Crippen molar-refractivity contribution >= 4 is 23.8 Å². The third kappa shape index (κ3) is 5.79. The van der Waals surface area contributed by atoms with Gasteiger partial charge in [0.25, 0.3) is 0 Å². The highest BCUT2D eigenvalue weighted by atomic mass is 16.5. The Bertz CT molecular complexity index is 1230. The van der Waals surface area contributed by atoms with Crippen LogP contribution >= 0.6 is 0 Å². The Balaban J connectivity index is 1.84. The molecule has 2 aliphatic rings. The van der Waals surface area contributed by atoms with Crippen LogP contribution in [-0.2, 0) is 14.3 Å². The zero-order valence-electron chi connectivity index (χ0n) is 21.4. The van der Waals surface area contributed by atoms with Crippen molar-refractivity contribution < 1.29 is 38.4 Å². The van der Waals surface area contributed by atoms with Crippen molar-refractivity contribution in [1.82, 2.24) is 0 Å². The van der Waals surface area contributed by atoms with E-state index in [4.69, 9.17) is 18.9 Å². The number of esters is 2. The van der Waals surface area contributed by atoms with E-state index in [1.54, 1.807) is 44.4 Å². The fourth-order valence-electron chi connectivity index (χ4n) is 4.89.